The van der Waals surface area contributed by atoms with Crippen LogP contribution in [0.15, 0.2) is 52.6 Å². The minimum atomic E-state index is 0.393. The second kappa shape index (κ2) is 9.53. The molecule has 166 valence electrons. The van der Waals surface area contributed by atoms with E-state index in [0.29, 0.717) is 50.4 Å². The van der Waals surface area contributed by atoms with Crippen molar-refractivity contribution in [2.75, 3.05) is 17.7 Å². The summed E-state index contributed by atoms with van der Waals surface area (Å²) in [5, 5.41) is 14.9. The van der Waals surface area contributed by atoms with Gasteiger partial charge in [0.25, 0.3) is 0 Å². The Labute approximate surface area is 201 Å². The highest BCUT2D eigenvalue weighted by Gasteiger charge is 2.14. The van der Waals surface area contributed by atoms with E-state index < -0.39 is 0 Å². The largest absolute Gasteiger partial charge is 0.492 e. The first-order valence-corrected chi connectivity index (χ1v) is 11.4. The number of nitriles is 1. The number of ether oxygens (including phenoxy) is 1. The Morgan fingerprint density at radius 1 is 1.15 bits per heavy atom. The molecule has 2 heterocycles. The smallest absolute Gasteiger partial charge is 0.192 e. The molecule has 0 bridgehead atoms. The van der Waals surface area contributed by atoms with Crippen LogP contribution in [0.25, 0.3) is 10.9 Å². The van der Waals surface area contributed by atoms with Crippen molar-refractivity contribution in [3.8, 4) is 11.8 Å². The molecule has 0 aliphatic rings. The molecule has 0 saturated heterocycles. The fourth-order valence-electron chi connectivity index (χ4n) is 3.38. The van der Waals surface area contributed by atoms with Crippen LogP contribution in [0.3, 0.4) is 0 Å². The van der Waals surface area contributed by atoms with Crippen molar-refractivity contribution < 1.29 is 4.74 Å². The van der Waals surface area contributed by atoms with Crippen LogP contribution in [0.4, 0.5) is 17.1 Å². The number of aryl methyl sites for hydroxylation is 2. The number of nitrogen functional groups attached to an aromatic ring is 1. The zero-order chi connectivity index (χ0) is 23.5. The molecule has 0 spiro atoms. The van der Waals surface area contributed by atoms with E-state index in [-0.39, 0.29) is 0 Å². The maximum absolute atomic E-state index is 9.64. The van der Waals surface area contributed by atoms with E-state index in [1.54, 1.807) is 18.2 Å². The molecule has 3 N–H and O–H groups in total. The van der Waals surface area contributed by atoms with Gasteiger partial charge in [-0.15, -0.1) is 0 Å². The molecule has 4 rings (SSSR count). The predicted molar refractivity (Wildman–Crippen MR) is 132 cm³/mol. The molecule has 0 radical (unpaired) electrons. The van der Waals surface area contributed by atoms with Gasteiger partial charge in [-0.25, -0.2) is 9.97 Å². The molecule has 0 saturated carbocycles. The van der Waals surface area contributed by atoms with Crippen molar-refractivity contribution in [3.63, 3.8) is 0 Å². The second-order valence-electron chi connectivity index (χ2n) is 7.30. The highest BCUT2D eigenvalue weighted by atomic mass is 35.5. The van der Waals surface area contributed by atoms with E-state index >= 15 is 0 Å². The van der Waals surface area contributed by atoms with Crippen molar-refractivity contribution >= 4 is 51.3 Å². The lowest BCUT2D eigenvalue weighted by Gasteiger charge is -2.15. The Kier molecular flexibility index (Phi) is 6.54. The van der Waals surface area contributed by atoms with E-state index in [2.05, 4.69) is 26.3 Å². The molecule has 9 heteroatoms. The molecule has 2 aromatic carbocycles. The van der Waals surface area contributed by atoms with Crippen LogP contribution in [0.1, 0.15) is 23.9 Å². The molecule has 0 amide bonds. The molecule has 0 aliphatic carbocycles. The van der Waals surface area contributed by atoms with E-state index in [4.69, 9.17) is 22.1 Å². The van der Waals surface area contributed by atoms with Gasteiger partial charge in [-0.3, -0.25) is 4.98 Å². The lowest BCUT2D eigenvalue weighted by Crippen LogP contribution is -2.00. The number of anilines is 3. The number of hydrogen-bond acceptors (Lipinski definition) is 8. The summed E-state index contributed by atoms with van der Waals surface area (Å²) < 4.78 is 5.57. The summed E-state index contributed by atoms with van der Waals surface area (Å²) in [5.74, 6) is 0.561. The van der Waals surface area contributed by atoms with E-state index in [1.807, 2.05) is 39.0 Å². The fourth-order valence-corrected chi connectivity index (χ4v) is 4.54. The van der Waals surface area contributed by atoms with Gasteiger partial charge in [0.05, 0.1) is 34.1 Å². The number of pyridine rings is 1. The zero-order valence-electron chi connectivity index (χ0n) is 18.3. The molecule has 0 unspecified atom stereocenters. The number of nitrogens with one attached hydrogen (secondary N) is 1. The molecule has 2 aromatic heterocycles. The fraction of sp³-hybridized carbons (Fsp3) is 0.167. The molecule has 0 aliphatic heterocycles. The van der Waals surface area contributed by atoms with Crippen molar-refractivity contribution in [2.24, 2.45) is 0 Å². The topological polar surface area (TPSA) is 110 Å². The monoisotopic (exact) mass is 476 g/mol. The summed E-state index contributed by atoms with van der Waals surface area (Å²) in [6.07, 6.45) is 1.53. The van der Waals surface area contributed by atoms with Crippen molar-refractivity contribution in [2.45, 2.75) is 30.8 Å². The highest BCUT2D eigenvalue weighted by Crippen LogP contribution is 2.37. The summed E-state index contributed by atoms with van der Waals surface area (Å²) in [7, 11) is 0. The lowest BCUT2D eigenvalue weighted by atomic mass is 10.1. The SMILES string of the molecule is CCOc1cc2ncc(C#N)c(Nc3ccc(Sc4nc(C)cc(C)n4)c(Cl)c3)c2cc1N. The minimum absolute atomic E-state index is 0.393. The molecule has 7 nitrogen and oxygen atoms in total. The second-order valence-corrected chi connectivity index (χ2v) is 8.72. The number of rotatable bonds is 6. The third kappa shape index (κ3) is 4.95. The summed E-state index contributed by atoms with van der Waals surface area (Å²) in [4.78, 5) is 14.1. The van der Waals surface area contributed by atoms with Crippen LogP contribution in [0, 0.1) is 25.2 Å². The molecular weight excluding hydrogens is 456 g/mol. The van der Waals surface area contributed by atoms with Crippen molar-refractivity contribution in [1.29, 1.82) is 5.26 Å². The number of fused-ring (bicyclic) bond motifs is 1. The first-order valence-electron chi connectivity index (χ1n) is 10.2. The normalized spacial score (nSPS) is 10.8. The standard InChI is InChI=1S/C24H21ClN6OS/c1-4-32-21-10-20-17(9-19(21)27)23(15(11-26)12-28-20)31-16-5-6-22(18(25)8-16)33-24-29-13(2)7-14(3)30-24/h5-10,12H,4,27H2,1-3H3,(H,28,31). The van der Waals surface area contributed by atoms with E-state index in [0.717, 1.165) is 22.0 Å². The van der Waals surface area contributed by atoms with Crippen molar-refractivity contribution in [1.82, 2.24) is 15.0 Å². The molecule has 33 heavy (non-hydrogen) atoms. The molecule has 0 fully saturated rings. The van der Waals surface area contributed by atoms with E-state index in [1.165, 1.54) is 18.0 Å². The van der Waals surface area contributed by atoms with E-state index in [9.17, 15) is 5.26 Å². The summed E-state index contributed by atoms with van der Waals surface area (Å²) in [6.45, 7) is 6.25. The number of nitrogens with zero attached hydrogens (tertiary/aromatic N) is 4. The van der Waals surface area contributed by atoms with Gasteiger partial charge in [0.2, 0.25) is 0 Å². The van der Waals surface area contributed by atoms with Gasteiger partial charge in [-0.2, -0.15) is 5.26 Å². The van der Waals surface area contributed by atoms with Crippen LogP contribution in [-0.4, -0.2) is 21.6 Å². The third-order valence-corrected chi connectivity index (χ3v) is 6.15. The Balaban J connectivity index is 1.68. The van der Waals surface area contributed by atoms with Gasteiger partial charge in [-0.05, 0) is 62.9 Å². The van der Waals surface area contributed by atoms with Crippen LogP contribution >= 0.6 is 23.4 Å². The first-order chi connectivity index (χ1) is 15.9. The van der Waals surface area contributed by atoms with Gasteiger partial charge in [0.1, 0.15) is 11.8 Å². The Bertz CT molecular complexity index is 1380. The zero-order valence-corrected chi connectivity index (χ0v) is 19.9. The molecule has 4 aromatic rings. The van der Waals surface area contributed by atoms with Crippen molar-refractivity contribution in [3.05, 3.63) is 64.6 Å². The number of benzene rings is 2. The minimum Gasteiger partial charge on any atom is -0.492 e. The highest BCUT2D eigenvalue weighted by molar-refractivity contribution is 7.99. The van der Waals surface area contributed by atoms with Crippen LogP contribution in [0.5, 0.6) is 5.75 Å². The quantitative estimate of drug-likeness (QED) is 0.256. The summed E-state index contributed by atoms with van der Waals surface area (Å²) >= 11 is 7.97. The summed E-state index contributed by atoms with van der Waals surface area (Å²) in [5.41, 5.74) is 10.8. The number of aromatic nitrogens is 3. The maximum Gasteiger partial charge on any atom is 0.192 e. The number of halogens is 1. The maximum atomic E-state index is 9.64. The number of hydrogen-bond donors (Lipinski definition) is 2. The lowest BCUT2D eigenvalue weighted by molar-refractivity contribution is 0.342. The average molecular weight is 477 g/mol. The van der Waals surface area contributed by atoms with Crippen LogP contribution in [-0.2, 0) is 0 Å². The van der Waals surface area contributed by atoms with Gasteiger partial charge >= 0.3 is 0 Å². The molecule has 0 atom stereocenters. The summed E-state index contributed by atoms with van der Waals surface area (Å²) in [6, 6.07) is 13.2. The van der Waals surface area contributed by atoms with Crippen LogP contribution in [0.2, 0.25) is 5.02 Å². The van der Waals surface area contributed by atoms with Gasteiger partial charge in [-0.1, -0.05) is 11.6 Å². The molecular formula is C24H21ClN6OS. The van der Waals surface area contributed by atoms with Crippen LogP contribution < -0.4 is 15.8 Å². The average Bonchev–Trinajstić information content (AvgIpc) is 2.76. The number of nitrogens with two attached hydrogens (primary N) is 1. The van der Waals surface area contributed by atoms with Gasteiger partial charge in [0, 0.05) is 39.6 Å². The Morgan fingerprint density at radius 2 is 1.91 bits per heavy atom. The first kappa shape index (κ1) is 22.6. The third-order valence-electron chi connectivity index (χ3n) is 4.78. The van der Waals surface area contributed by atoms with Gasteiger partial charge in [0.15, 0.2) is 5.16 Å². The Morgan fingerprint density at radius 3 is 2.58 bits per heavy atom. The Hall–Kier alpha value is -3.54. The predicted octanol–water partition coefficient (Wildman–Crippen LogP) is 6.04. The van der Waals surface area contributed by atoms with Gasteiger partial charge < -0.3 is 15.8 Å².